The van der Waals surface area contributed by atoms with Gasteiger partial charge in [-0.25, -0.2) is 4.79 Å². The Morgan fingerprint density at radius 2 is 2.12 bits per heavy atom. The maximum Gasteiger partial charge on any atom is 0.322 e. The van der Waals surface area contributed by atoms with Gasteiger partial charge < -0.3 is 19.7 Å². The number of benzene rings is 1. The number of carbonyl (C=O) groups excluding carboxylic acids is 1. The van der Waals surface area contributed by atoms with E-state index in [9.17, 15) is 4.79 Å². The number of nitrogens with zero attached hydrogens (tertiary/aromatic N) is 3. The second-order valence-electron chi connectivity index (χ2n) is 5.44. The number of methoxy groups -OCH3 is 2. The van der Waals surface area contributed by atoms with E-state index in [0.29, 0.717) is 18.8 Å². The van der Waals surface area contributed by atoms with Gasteiger partial charge in [-0.2, -0.15) is 5.10 Å². The number of aromatic nitrogens is 2. The fraction of sp³-hybridized carbons (Fsp3) is 0.412. The van der Waals surface area contributed by atoms with E-state index < -0.39 is 0 Å². The molecule has 0 radical (unpaired) electrons. The number of nitrogens with one attached hydrogen (secondary N) is 1. The van der Waals surface area contributed by atoms with Crippen LogP contribution in [0.3, 0.4) is 0 Å². The van der Waals surface area contributed by atoms with Crippen molar-refractivity contribution < 1.29 is 14.3 Å². The molecule has 0 fully saturated rings. The molecule has 1 aromatic heterocycles. The maximum absolute atomic E-state index is 12.5. The molecule has 0 bridgehead atoms. The smallest absolute Gasteiger partial charge is 0.322 e. The van der Waals surface area contributed by atoms with Crippen molar-refractivity contribution in [1.29, 1.82) is 0 Å². The van der Waals surface area contributed by atoms with Gasteiger partial charge in [0.1, 0.15) is 5.75 Å². The van der Waals surface area contributed by atoms with Gasteiger partial charge in [-0.1, -0.05) is 18.2 Å². The van der Waals surface area contributed by atoms with Crippen LogP contribution >= 0.6 is 0 Å². The molecule has 1 aromatic carbocycles. The average Bonchev–Trinajstić information content (AvgIpc) is 3.05. The van der Waals surface area contributed by atoms with Crippen LogP contribution in [0.5, 0.6) is 5.75 Å². The summed E-state index contributed by atoms with van der Waals surface area (Å²) in [5.41, 5.74) is 1.60. The van der Waals surface area contributed by atoms with Gasteiger partial charge in [0, 0.05) is 25.9 Å². The van der Waals surface area contributed by atoms with Crippen LogP contribution in [0.2, 0.25) is 0 Å². The van der Waals surface area contributed by atoms with E-state index in [2.05, 4.69) is 10.4 Å². The number of hydrogen-bond acceptors (Lipinski definition) is 4. The Bertz CT molecular complexity index is 671. The minimum Gasteiger partial charge on any atom is -0.496 e. The zero-order chi connectivity index (χ0) is 17.5. The van der Waals surface area contributed by atoms with E-state index in [-0.39, 0.29) is 12.1 Å². The fourth-order valence-corrected chi connectivity index (χ4v) is 2.34. The zero-order valence-electron chi connectivity index (χ0n) is 14.5. The minimum absolute atomic E-state index is 0.135. The summed E-state index contributed by atoms with van der Waals surface area (Å²) in [6.07, 6.45) is 3.40. The summed E-state index contributed by atoms with van der Waals surface area (Å²) < 4.78 is 12.1. The van der Waals surface area contributed by atoms with E-state index in [1.165, 1.54) is 0 Å². The highest BCUT2D eigenvalue weighted by Gasteiger charge is 2.20. The van der Waals surface area contributed by atoms with Crippen LogP contribution in [0.15, 0.2) is 36.7 Å². The van der Waals surface area contributed by atoms with Gasteiger partial charge in [-0.3, -0.25) is 4.68 Å². The van der Waals surface area contributed by atoms with Gasteiger partial charge in [0.25, 0.3) is 0 Å². The molecule has 0 aliphatic rings. The van der Waals surface area contributed by atoms with Gasteiger partial charge >= 0.3 is 6.03 Å². The van der Waals surface area contributed by atoms with Crippen LogP contribution in [0, 0.1) is 0 Å². The monoisotopic (exact) mass is 332 g/mol. The lowest BCUT2D eigenvalue weighted by atomic mass is 10.1. The molecular formula is C17H24N4O3. The Hall–Kier alpha value is -2.54. The third-order valence-electron chi connectivity index (χ3n) is 3.90. The second kappa shape index (κ2) is 8.35. The Balaban J connectivity index is 2.02. The fourth-order valence-electron chi connectivity index (χ4n) is 2.34. The van der Waals surface area contributed by atoms with Crippen molar-refractivity contribution in [2.24, 2.45) is 0 Å². The molecule has 0 aliphatic carbocycles. The van der Waals surface area contributed by atoms with Gasteiger partial charge in [-0.15, -0.1) is 0 Å². The summed E-state index contributed by atoms with van der Waals surface area (Å²) in [6.45, 7) is 3.17. The molecule has 1 atom stereocenters. The minimum atomic E-state index is -0.209. The molecule has 2 rings (SSSR count). The standard InChI is InChI=1S/C17H24N4O3/c1-13(15-7-5-6-8-16(15)24-4)20(2)17(22)19-14-11-18-21(12-14)9-10-23-3/h5-8,11-13H,9-10H2,1-4H3,(H,19,22). The summed E-state index contributed by atoms with van der Waals surface area (Å²) in [5, 5.41) is 7.03. The summed E-state index contributed by atoms with van der Waals surface area (Å²) >= 11 is 0. The highest BCUT2D eigenvalue weighted by atomic mass is 16.5. The topological polar surface area (TPSA) is 68.6 Å². The average molecular weight is 332 g/mol. The summed E-state index contributed by atoms with van der Waals surface area (Å²) in [7, 11) is 5.02. The Morgan fingerprint density at radius 3 is 2.83 bits per heavy atom. The lowest BCUT2D eigenvalue weighted by Gasteiger charge is -2.26. The Labute approximate surface area is 142 Å². The lowest BCUT2D eigenvalue weighted by Crippen LogP contribution is -2.33. The first kappa shape index (κ1) is 17.8. The molecule has 1 unspecified atom stereocenters. The van der Waals surface area contributed by atoms with Crippen LogP contribution < -0.4 is 10.1 Å². The molecule has 1 N–H and O–H groups in total. The molecule has 1 heterocycles. The number of carbonyl (C=O) groups is 1. The second-order valence-corrected chi connectivity index (χ2v) is 5.44. The van der Waals surface area contributed by atoms with Gasteiger partial charge in [0.2, 0.25) is 0 Å². The van der Waals surface area contributed by atoms with Gasteiger partial charge in [-0.05, 0) is 13.0 Å². The largest absolute Gasteiger partial charge is 0.496 e. The summed E-state index contributed by atoms with van der Waals surface area (Å²) in [5.74, 6) is 0.761. The molecule has 0 aliphatic heterocycles. The molecule has 2 amide bonds. The first-order chi connectivity index (χ1) is 11.6. The quantitative estimate of drug-likeness (QED) is 0.846. The van der Waals surface area contributed by atoms with Crippen molar-refractivity contribution in [2.75, 3.05) is 33.2 Å². The van der Waals surface area contributed by atoms with Crippen molar-refractivity contribution in [2.45, 2.75) is 19.5 Å². The summed E-state index contributed by atoms with van der Waals surface area (Å²) in [4.78, 5) is 14.1. The molecule has 0 spiro atoms. The predicted octanol–water partition coefficient (Wildman–Crippen LogP) is 2.76. The van der Waals surface area contributed by atoms with E-state index in [1.54, 1.807) is 43.2 Å². The van der Waals surface area contributed by atoms with E-state index in [4.69, 9.17) is 9.47 Å². The van der Waals surface area contributed by atoms with Gasteiger partial charge in [0.05, 0.1) is 38.2 Å². The number of urea groups is 1. The number of ether oxygens (including phenoxy) is 2. The normalized spacial score (nSPS) is 11.8. The predicted molar refractivity (Wildman–Crippen MR) is 92.3 cm³/mol. The molecule has 7 heteroatoms. The number of anilines is 1. The first-order valence-electron chi connectivity index (χ1n) is 7.75. The van der Waals surface area contributed by atoms with Crippen molar-refractivity contribution in [3.8, 4) is 5.75 Å². The van der Waals surface area contributed by atoms with E-state index in [0.717, 1.165) is 11.3 Å². The molecule has 2 aromatic rings. The Kier molecular flexibility index (Phi) is 6.20. The maximum atomic E-state index is 12.5. The highest BCUT2D eigenvalue weighted by Crippen LogP contribution is 2.28. The summed E-state index contributed by atoms with van der Waals surface area (Å²) in [6, 6.07) is 7.33. The van der Waals surface area contributed by atoms with Crippen molar-refractivity contribution in [3.05, 3.63) is 42.2 Å². The van der Waals surface area contributed by atoms with Crippen molar-refractivity contribution >= 4 is 11.7 Å². The molecule has 0 saturated carbocycles. The molecule has 7 nitrogen and oxygen atoms in total. The number of hydrogen-bond donors (Lipinski definition) is 1. The number of amides is 2. The van der Waals surface area contributed by atoms with Crippen LogP contribution in [-0.4, -0.2) is 48.6 Å². The van der Waals surface area contributed by atoms with Crippen molar-refractivity contribution in [3.63, 3.8) is 0 Å². The third-order valence-corrected chi connectivity index (χ3v) is 3.90. The highest BCUT2D eigenvalue weighted by molar-refractivity contribution is 5.89. The SMILES string of the molecule is COCCn1cc(NC(=O)N(C)C(C)c2ccccc2OC)cn1. The zero-order valence-corrected chi connectivity index (χ0v) is 14.5. The van der Waals surface area contributed by atoms with Crippen LogP contribution in [0.25, 0.3) is 0 Å². The van der Waals surface area contributed by atoms with Crippen LogP contribution in [0.4, 0.5) is 10.5 Å². The molecule has 0 saturated heterocycles. The van der Waals surface area contributed by atoms with Crippen molar-refractivity contribution in [1.82, 2.24) is 14.7 Å². The molecular weight excluding hydrogens is 308 g/mol. The molecule has 24 heavy (non-hydrogen) atoms. The van der Waals surface area contributed by atoms with Crippen LogP contribution in [0.1, 0.15) is 18.5 Å². The van der Waals surface area contributed by atoms with E-state index in [1.807, 2.05) is 31.2 Å². The number of rotatable bonds is 7. The number of para-hydroxylation sites is 1. The lowest BCUT2D eigenvalue weighted by molar-refractivity contribution is 0.183. The first-order valence-corrected chi connectivity index (χ1v) is 7.75. The molecule has 130 valence electrons. The third kappa shape index (κ3) is 4.26. The van der Waals surface area contributed by atoms with E-state index >= 15 is 0 Å². The van der Waals surface area contributed by atoms with Gasteiger partial charge in [0.15, 0.2) is 0 Å². The Morgan fingerprint density at radius 1 is 1.38 bits per heavy atom. The van der Waals surface area contributed by atoms with Crippen LogP contribution in [-0.2, 0) is 11.3 Å².